The first-order chi connectivity index (χ1) is 4.72. The Morgan fingerprint density at radius 1 is 1.60 bits per heavy atom. The molecule has 0 aromatic rings. The molecule has 0 rings (SSSR count). The summed E-state index contributed by atoms with van der Waals surface area (Å²) < 4.78 is 4.93. The van der Waals surface area contributed by atoms with E-state index in [-0.39, 0.29) is 0 Å². The van der Waals surface area contributed by atoms with Gasteiger partial charge in [-0.2, -0.15) is 0 Å². The van der Waals surface area contributed by atoms with Gasteiger partial charge >= 0.3 is 0 Å². The van der Waals surface area contributed by atoms with Crippen molar-refractivity contribution in [3.05, 3.63) is 36.3 Å². The van der Waals surface area contributed by atoms with Crippen molar-refractivity contribution in [3.63, 3.8) is 0 Å². The Kier molecular flexibility index (Phi) is 4.12. The molecule has 2 heteroatoms. The van der Waals surface area contributed by atoms with Gasteiger partial charge in [-0.25, -0.2) is 0 Å². The van der Waals surface area contributed by atoms with E-state index >= 15 is 0 Å². The van der Waals surface area contributed by atoms with Crippen LogP contribution in [0.25, 0.3) is 0 Å². The molecule has 0 aromatic heterocycles. The third-order valence-corrected chi connectivity index (χ3v) is 0.992. The topological polar surface area (TPSA) is 35.2 Å². The molecule has 0 aliphatic heterocycles. The summed E-state index contributed by atoms with van der Waals surface area (Å²) in [5, 5.41) is 0. The summed E-state index contributed by atoms with van der Waals surface area (Å²) in [4.78, 5) is 0. The lowest BCUT2D eigenvalue weighted by Gasteiger charge is -2.00. The number of methoxy groups -OCH3 is 1. The molecule has 56 valence electrons. The molecule has 2 nitrogen and oxygen atoms in total. The van der Waals surface area contributed by atoms with Crippen molar-refractivity contribution in [1.29, 1.82) is 0 Å². The van der Waals surface area contributed by atoms with Crippen LogP contribution in [0, 0.1) is 0 Å². The maximum atomic E-state index is 5.46. The minimum atomic E-state index is 0.667. The van der Waals surface area contributed by atoms with Crippen molar-refractivity contribution in [1.82, 2.24) is 0 Å². The third-order valence-electron chi connectivity index (χ3n) is 0.992. The van der Waals surface area contributed by atoms with E-state index in [1.165, 1.54) is 0 Å². The largest absolute Gasteiger partial charge is 0.495 e. The van der Waals surface area contributed by atoms with Gasteiger partial charge in [0.1, 0.15) is 5.76 Å². The smallest absolute Gasteiger partial charge is 0.137 e. The standard InChI is InChI=1S/C8H13NO/c1-4-5-6-8(10-3)7(2)9/h4-6H,1,9H2,2-3H3/b6-5-,8-7-. The lowest BCUT2D eigenvalue weighted by molar-refractivity contribution is 0.302. The Labute approximate surface area is 61.7 Å². The normalized spacial score (nSPS) is 13.0. The second kappa shape index (κ2) is 4.68. The first kappa shape index (κ1) is 8.82. The van der Waals surface area contributed by atoms with E-state index in [9.17, 15) is 0 Å². The summed E-state index contributed by atoms with van der Waals surface area (Å²) in [6.45, 7) is 5.30. The Bertz CT molecular complexity index is 164. The maximum Gasteiger partial charge on any atom is 0.137 e. The minimum Gasteiger partial charge on any atom is -0.495 e. The van der Waals surface area contributed by atoms with Gasteiger partial charge in [0.25, 0.3) is 0 Å². The van der Waals surface area contributed by atoms with Gasteiger partial charge in [-0.1, -0.05) is 18.7 Å². The molecule has 0 heterocycles. The molecule has 10 heavy (non-hydrogen) atoms. The van der Waals surface area contributed by atoms with Crippen LogP contribution in [-0.2, 0) is 4.74 Å². The van der Waals surface area contributed by atoms with E-state index in [0.29, 0.717) is 11.5 Å². The molecule has 0 spiro atoms. The van der Waals surface area contributed by atoms with Crippen molar-refractivity contribution in [3.8, 4) is 0 Å². The van der Waals surface area contributed by atoms with Gasteiger partial charge < -0.3 is 10.5 Å². The highest BCUT2D eigenvalue weighted by atomic mass is 16.5. The van der Waals surface area contributed by atoms with Crippen LogP contribution in [0.4, 0.5) is 0 Å². The first-order valence-corrected chi connectivity index (χ1v) is 3.01. The molecule has 0 bridgehead atoms. The fourth-order valence-electron chi connectivity index (χ4n) is 0.516. The van der Waals surface area contributed by atoms with E-state index in [0.717, 1.165) is 0 Å². The molecular weight excluding hydrogens is 126 g/mol. The van der Waals surface area contributed by atoms with Crippen molar-refractivity contribution in [2.45, 2.75) is 6.92 Å². The lowest BCUT2D eigenvalue weighted by atomic mass is 10.3. The molecule has 0 fully saturated rings. The third kappa shape index (κ3) is 2.97. The fraction of sp³-hybridized carbons (Fsp3) is 0.250. The SMILES string of the molecule is C=C/C=C\C(OC)=C(/C)N. The van der Waals surface area contributed by atoms with Crippen LogP contribution in [0.1, 0.15) is 6.92 Å². The summed E-state index contributed by atoms with van der Waals surface area (Å²) in [5.74, 6) is 0.680. The Hall–Kier alpha value is -1.18. The Morgan fingerprint density at radius 3 is 2.50 bits per heavy atom. The fourth-order valence-corrected chi connectivity index (χ4v) is 0.516. The average Bonchev–Trinajstić information content (AvgIpc) is 1.89. The van der Waals surface area contributed by atoms with Gasteiger partial charge in [0, 0.05) is 5.70 Å². The van der Waals surface area contributed by atoms with Crippen LogP contribution in [0.2, 0.25) is 0 Å². The van der Waals surface area contributed by atoms with E-state index in [4.69, 9.17) is 10.5 Å². The van der Waals surface area contributed by atoms with Crippen molar-refractivity contribution in [2.24, 2.45) is 5.73 Å². The van der Waals surface area contributed by atoms with Crippen LogP contribution in [0.15, 0.2) is 36.3 Å². The Balaban J connectivity index is 4.23. The van der Waals surface area contributed by atoms with Crippen molar-refractivity contribution in [2.75, 3.05) is 7.11 Å². The quantitative estimate of drug-likeness (QED) is 0.475. The molecule has 0 saturated heterocycles. The van der Waals surface area contributed by atoms with E-state index in [1.54, 1.807) is 32.3 Å². The summed E-state index contributed by atoms with van der Waals surface area (Å²) in [7, 11) is 1.58. The summed E-state index contributed by atoms with van der Waals surface area (Å²) in [6, 6.07) is 0. The highest BCUT2D eigenvalue weighted by Crippen LogP contribution is 2.00. The molecule has 0 aromatic carbocycles. The van der Waals surface area contributed by atoms with Crippen LogP contribution >= 0.6 is 0 Å². The number of hydrogen-bond acceptors (Lipinski definition) is 2. The van der Waals surface area contributed by atoms with E-state index in [1.807, 2.05) is 0 Å². The van der Waals surface area contributed by atoms with E-state index in [2.05, 4.69) is 6.58 Å². The zero-order valence-electron chi connectivity index (χ0n) is 6.42. The molecule has 0 radical (unpaired) electrons. The second-order valence-electron chi connectivity index (χ2n) is 1.85. The highest BCUT2D eigenvalue weighted by molar-refractivity contribution is 5.19. The number of rotatable bonds is 3. The van der Waals surface area contributed by atoms with Crippen LogP contribution in [0.3, 0.4) is 0 Å². The van der Waals surface area contributed by atoms with Gasteiger partial charge in [-0.05, 0) is 13.0 Å². The van der Waals surface area contributed by atoms with Gasteiger partial charge in [0.2, 0.25) is 0 Å². The summed E-state index contributed by atoms with van der Waals surface area (Å²) >= 11 is 0. The minimum absolute atomic E-state index is 0.667. The number of allylic oxidation sites excluding steroid dienone is 4. The summed E-state index contributed by atoms with van der Waals surface area (Å²) in [6.07, 6.45) is 5.21. The molecule has 2 N–H and O–H groups in total. The van der Waals surface area contributed by atoms with Crippen molar-refractivity contribution < 1.29 is 4.74 Å². The Morgan fingerprint density at radius 2 is 2.20 bits per heavy atom. The van der Waals surface area contributed by atoms with Crippen LogP contribution in [0.5, 0.6) is 0 Å². The molecule has 0 unspecified atom stereocenters. The predicted octanol–water partition coefficient (Wildman–Crippen LogP) is 1.57. The molecule has 0 atom stereocenters. The monoisotopic (exact) mass is 139 g/mol. The second-order valence-corrected chi connectivity index (χ2v) is 1.85. The molecule has 0 saturated carbocycles. The highest BCUT2D eigenvalue weighted by Gasteiger charge is 1.90. The van der Waals surface area contributed by atoms with Gasteiger partial charge in [0.05, 0.1) is 7.11 Å². The molecular formula is C8H13NO. The van der Waals surface area contributed by atoms with Crippen molar-refractivity contribution >= 4 is 0 Å². The average molecular weight is 139 g/mol. The zero-order valence-corrected chi connectivity index (χ0v) is 6.42. The van der Waals surface area contributed by atoms with Gasteiger partial charge in [-0.3, -0.25) is 0 Å². The number of nitrogens with two attached hydrogens (primary N) is 1. The van der Waals surface area contributed by atoms with Crippen LogP contribution in [-0.4, -0.2) is 7.11 Å². The number of hydrogen-bond donors (Lipinski definition) is 1. The molecule has 0 aliphatic rings. The predicted molar refractivity (Wildman–Crippen MR) is 43.2 cm³/mol. The maximum absolute atomic E-state index is 5.46. The van der Waals surface area contributed by atoms with Gasteiger partial charge in [0.15, 0.2) is 0 Å². The molecule has 0 aliphatic carbocycles. The number of ether oxygens (including phenoxy) is 1. The molecule has 0 amide bonds. The lowest BCUT2D eigenvalue weighted by Crippen LogP contribution is -1.97. The van der Waals surface area contributed by atoms with E-state index < -0.39 is 0 Å². The van der Waals surface area contributed by atoms with Crippen LogP contribution < -0.4 is 5.73 Å². The van der Waals surface area contributed by atoms with Gasteiger partial charge in [-0.15, -0.1) is 0 Å². The summed E-state index contributed by atoms with van der Waals surface area (Å²) in [5.41, 5.74) is 6.12. The zero-order chi connectivity index (χ0) is 7.98. The first-order valence-electron chi connectivity index (χ1n) is 3.01.